The fraction of sp³-hybridized carbons (Fsp3) is 0.0667. The van der Waals surface area contributed by atoms with Crippen LogP contribution < -0.4 is 5.56 Å². The number of aromatic amines is 1. The van der Waals surface area contributed by atoms with E-state index in [1.165, 1.54) is 18.2 Å². The van der Waals surface area contributed by atoms with Gasteiger partial charge in [-0.25, -0.2) is 13.5 Å². The van der Waals surface area contributed by atoms with Gasteiger partial charge in [-0.2, -0.15) is 5.10 Å². The summed E-state index contributed by atoms with van der Waals surface area (Å²) < 4.78 is 24.1. The summed E-state index contributed by atoms with van der Waals surface area (Å²) in [5.41, 5.74) is 0.726. The van der Waals surface area contributed by atoms with Gasteiger partial charge < -0.3 is 0 Å². The van der Waals surface area contributed by atoms with Gasteiger partial charge in [-0.05, 0) is 23.8 Å². The molecule has 6 heteroatoms. The van der Waals surface area contributed by atoms with Crippen LogP contribution in [-0.2, 0) is 9.84 Å². The summed E-state index contributed by atoms with van der Waals surface area (Å²) in [6, 6.07) is 9.42. The summed E-state index contributed by atoms with van der Waals surface area (Å²) in [4.78, 5) is 11.1. The summed E-state index contributed by atoms with van der Waals surface area (Å²) in [7, 11) is -3.52. The lowest BCUT2D eigenvalue weighted by Gasteiger charge is -2.04. The smallest absolute Gasteiger partial charge is 0.264 e. The van der Waals surface area contributed by atoms with Crippen molar-refractivity contribution in [1.82, 2.24) is 10.2 Å². The number of hydrogen-bond acceptors (Lipinski definition) is 4. The topological polar surface area (TPSA) is 79.9 Å². The van der Waals surface area contributed by atoms with Crippen molar-refractivity contribution in [2.75, 3.05) is 5.75 Å². The molecule has 2 rings (SSSR count). The van der Waals surface area contributed by atoms with Crippen LogP contribution in [0, 0.1) is 12.3 Å². The Balaban J connectivity index is 2.40. The Morgan fingerprint density at radius 2 is 1.95 bits per heavy atom. The molecule has 1 aromatic carbocycles. The molecule has 21 heavy (non-hydrogen) atoms. The highest BCUT2D eigenvalue weighted by Gasteiger charge is 2.15. The molecule has 0 amide bonds. The van der Waals surface area contributed by atoms with Crippen LogP contribution >= 0.6 is 0 Å². The highest BCUT2D eigenvalue weighted by atomic mass is 32.2. The standard InChI is InChI=1S/C15H12N2O3S/c1-2-11-21(19,20)14-6-4-3-5-12(14)7-8-13-9-10-15(18)17-16-13/h1,3-10H,11H2,(H,17,18). The first-order valence-corrected chi connectivity index (χ1v) is 7.67. The Morgan fingerprint density at radius 1 is 1.19 bits per heavy atom. The fourth-order valence-corrected chi connectivity index (χ4v) is 2.87. The van der Waals surface area contributed by atoms with E-state index in [0.29, 0.717) is 11.3 Å². The van der Waals surface area contributed by atoms with Crippen LogP contribution in [0.1, 0.15) is 11.3 Å². The largest absolute Gasteiger partial charge is 0.268 e. The first-order chi connectivity index (χ1) is 10.0. The van der Waals surface area contributed by atoms with Crippen molar-refractivity contribution in [2.45, 2.75) is 4.90 Å². The van der Waals surface area contributed by atoms with E-state index in [1.54, 1.807) is 30.4 Å². The molecular weight excluding hydrogens is 288 g/mol. The van der Waals surface area contributed by atoms with E-state index >= 15 is 0 Å². The monoisotopic (exact) mass is 300 g/mol. The summed E-state index contributed by atoms with van der Waals surface area (Å²) in [5, 5.41) is 6.12. The quantitative estimate of drug-likeness (QED) is 0.864. The molecule has 1 heterocycles. The number of nitrogens with one attached hydrogen (secondary N) is 1. The highest BCUT2D eigenvalue weighted by molar-refractivity contribution is 7.91. The molecule has 0 saturated heterocycles. The van der Waals surface area contributed by atoms with Crippen molar-refractivity contribution < 1.29 is 8.42 Å². The average Bonchev–Trinajstić information content (AvgIpc) is 2.47. The van der Waals surface area contributed by atoms with Crippen LogP contribution in [0.25, 0.3) is 12.2 Å². The minimum atomic E-state index is -3.52. The Hall–Kier alpha value is -2.65. The van der Waals surface area contributed by atoms with Crippen LogP contribution in [-0.4, -0.2) is 24.4 Å². The molecule has 0 fully saturated rings. The predicted octanol–water partition coefficient (Wildman–Crippen LogP) is 1.35. The van der Waals surface area contributed by atoms with Gasteiger partial charge >= 0.3 is 0 Å². The first-order valence-electron chi connectivity index (χ1n) is 6.02. The van der Waals surface area contributed by atoms with Crippen molar-refractivity contribution in [3.63, 3.8) is 0 Å². The van der Waals surface area contributed by atoms with E-state index in [9.17, 15) is 13.2 Å². The van der Waals surface area contributed by atoms with Gasteiger partial charge in [-0.3, -0.25) is 4.79 Å². The van der Waals surface area contributed by atoms with Crippen LogP contribution in [0.15, 0.2) is 46.1 Å². The molecule has 2 aromatic rings. The van der Waals surface area contributed by atoms with E-state index in [2.05, 4.69) is 16.1 Å². The maximum Gasteiger partial charge on any atom is 0.264 e. The van der Waals surface area contributed by atoms with Crippen LogP contribution in [0.5, 0.6) is 0 Å². The van der Waals surface area contributed by atoms with Gasteiger partial charge in [0.05, 0.1) is 10.6 Å². The molecule has 0 spiro atoms. The first kappa shape index (κ1) is 14.8. The minimum Gasteiger partial charge on any atom is -0.268 e. The minimum absolute atomic E-state index is 0.170. The maximum atomic E-state index is 12.1. The van der Waals surface area contributed by atoms with E-state index < -0.39 is 9.84 Å². The number of sulfone groups is 1. The number of nitrogens with zero attached hydrogens (tertiary/aromatic N) is 1. The molecule has 0 unspecified atom stereocenters. The van der Waals surface area contributed by atoms with Crippen molar-refractivity contribution in [2.24, 2.45) is 0 Å². The van der Waals surface area contributed by atoms with Crippen LogP contribution in [0.3, 0.4) is 0 Å². The van der Waals surface area contributed by atoms with Gasteiger partial charge in [-0.15, -0.1) is 6.42 Å². The highest BCUT2D eigenvalue weighted by Crippen LogP contribution is 2.19. The molecule has 1 N–H and O–H groups in total. The molecule has 0 radical (unpaired) electrons. The summed E-state index contributed by atoms with van der Waals surface area (Å²) in [6.45, 7) is 0. The third-order valence-corrected chi connectivity index (χ3v) is 4.25. The lowest BCUT2D eigenvalue weighted by Crippen LogP contribution is -2.07. The predicted molar refractivity (Wildman–Crippen MR) is 81.1 cm³/mol. The van der Waals surface area contributed by atoms with Crippen LogP contribution in [0.2, 0.25) is 0 Å². The summed E-state index contributed by atoms with van der Waals surface area (Å²) in [6.07, 6.45) is 8.32. The van der Waals surface area contributed by atoms with E-state index in [0.717, 1.165) is 0 Å². The lowest BCUT2D eigenvalue weighted by atomic mass is 10.2. The molecule has 1 aromatic heterocycles. The molecule has 0 bridgehead atoms. The summed E-state index contributed by atoms with van der Waals surface area (Å²) in [5.74, 6) is 1.80. The Kier molecular flexibility index (Phi) is 4.36. The molecule has 0 aliphatic carbocycles. The van der Waals surface area contributed by atoms with Gasteiger partial charge in [-0.1, -0.05) is 30.2 Å². The molecule has 5 nitrogen and oxygen atoms in total. The maximum absolute atomic E-state index is 12.1. The zero-order chi connectivity index (χ0) is 15.3. The number of benzene rings is 1. The zero-order valence-corrected chi connectivity index (χ0v) is 11.8. The molecule has 0 aliphatic heterocycles. The SMILES string of the molecule is C#CCS(=O)(=O)c1ccccc1C=Cc1ccc(=O)[nH]n1. The molecule has 0 atom stereocenters. The van der Waals surface area contributed by atoms with Crippen LogP contribution in [0.4, 0.5) is 0 Å². The number of hydrogen-bond donors (Lipinski definition) is 1. The summed E-state index contributed by atoms with van der Waals surface area (Å²) >= 11 is 0. The van der Waals surface area contributed by atoms with Gasteiger partial charge in [0, 0.05) is 6.07 Å². The fourth-order valence-electron chi connectivity index (χ4n) is 1.71. The van der Waals surface area contributed by atoms with E-state index in [4.69, 9.17) is 6.42 Å². The molecule has 106 valence electrons. The van der Waals surface area contributed by atoms with Crippen molar-refractivity contribution in [3.8, 4) is 12.3 Å². The van der Waals surface area contributed by atoms with E-state index in [1.807, 2.05) is 0 Å². The number of rotatable bonds is 4. The third kappa shape index (κ3) is 3.68. The van der Waals surface area contributed by atoms with Gasteiger partial charge in [0.1, 0.15) is 5.75 Å². The van der Waals surface area contributed by atoms with Gasteiger partial charge in [0.2, 0.25) is 0 Å². The van der Waals surface area contributed by atoms with Gasteiger partial charge in [0.15, 0.2) is 9.84 Å². The zero-order valence-electron chi connectivity index (χ0n) is 11.0. The Morgan fingerprint density at radius 3 is 2.62 bits per heavy atom. The normalized spacial score (nSPS) is 11.4. The number of H-pyrrole nitrogens is 1. The second-order valence-electron chi connectivity index (χ2n) is 4.18. The van der Waals surface area contributed by atoms with Gasteiger partial charge in [0.25, 0.3) is 5.56 Å². The lowest BCUT2D eigenvalue weighted by molar-refractivity contribution is 0.599. The van der Waals surface area contributed by atoms with Crippen molar-refractivity contribution in [3.05, 3.63) is 58.0 Å². The molecular formula is C15H12N2O3S. The Labute approximate surface area is 122 Å². The van der Waals surface area contributed by atoms with Crippen molar-refractivity contribution >= 4 is 22.0 Å². The second-order valence-corrected chi connectivity index (χ2v) is 6.14. The number of terminal acetylenes is 1. The average molecular weight is 300 g/mol. The Bertz CT molecular complexity index is 854. The molecule has 0 aliphatic rings. The van der Waals surface area contributed by atoms with E-state index in [-0.39, 0.29) is 16.2 Å². The molecule has 0 saturated carbocycles. The second kappa shape index (κ2) is 6.20. The third-order valence-electron chi connectivity index (χ3n) is 2.66. The van der Waals surface area contributed by atoms with Crippen molar-refractivity contribution in [1.29, 1.82) is 0 Å². The number of aromatic nitrogens is 2.